The van der Waals surface area contributed by atoms with Crippen LogP contribution in [0.15, 0.2) is 36.5 Å². The van der Waals surface area contributed by atoms with Crippen LogP contribution in [-0.4, -0.2) is 23.7 Å². The maximum atomic E-state index is 11.8. The van der Waals surface area contributed by atoms with Crippen LogP contribution in [0.1, 0.15) is 39.5 Å². The first-order chi connectivity index (χ1) is 10.7. The van der Waals surface area contributed by atoms with E-state index >= 15 is 0 Å². The molecule has 1 aromatic carbocycles. The fourth-order valence-electron chi connectivity index (χ4n) is 2.33. The van der Waals surface area contributed by atoms with Gasteiger partial charge in [0.1, 0.15) is 11.3 Å². The molecule has 1 aromatic heterocycles. The van der Waals surface area contributed by atoms with Gasteiger partial charge in [-0.05, 0) is 31.9 Å². The minimum atomic E-state index is -0.336. The Morgan fingerprint density at radius 2 is 2.05 bits per heavy atom. The molecular formula is C18H23NO3. The Morgan fingerprint density at radius 3 is 2.86 bits per heavy atom. The standard InChI is InChI=1S/C18H23NO3/c1-3-4-5-8-14(2)22-17(20)13-21-16-11-6-9-15-10-7-12-19-18(15)16/h6-7,9-12,14H,3-5,8,13H2,1-2H3. The van der Waals surface area contributed by atoms with Gasteiger partial charge in [-0.25, -0.2) is 4.79 Å². The van der Waals surface area contributed by atoms with Crippen LogP contribution in [0.5, 0.6) is 5.75 Å². The fourth-order valence-corrected chi connectivity index (χ4v) is 2.33. The summed E-state index contributed by atoms with van der Waals surface area (Å²) in [5.41, 5.74) is 0.758. The van der Waals surface area contributed by atoms with Crippen LogP contribution in [0, 0.1) is 0 Å². The lowest BCUT2D eigenvalue weighted by atomic mass is 10.1. The maximum absolute atomic E-state index is 11.8. The summed E-state index contributed by atoms with van der Waals surface area (Å²) in [4.78, 5) is 16.1. The quantitative estimate of drug-likeness (QED) is 0.543. The lowest BCUT2D eigenvalue weighted by Crippen LogP contribution is -2.20. The number of hydrogen-bond acceptors (Lipinski definition) is 4. The van der Waals surface area contributed by atoms with Gasteiger partial charge in [0, 0.05) is 11.6 Å². The third-order valence-corrected chi connectivity index (χ3v) is 3.49. The summed E-state index contributed by atoms with van der Waals surface area (Å²) in [6.07, 6.45) is 5.96. The van der Waals surface area contributed by atoms with Gasteiger partial charge < -0.3 is 9.47 Å². The molecule has 0 aliphatic heterocycles. The molecule has 0 aliphatic rings. The molecule has 0 N–H and O–H groups in total. The number of pyridine rings is 1. The van der Waals surface area contributed by atoms with Crippen LogP contribution < -0.4 is 4.74 Å². The number of rotatable bonds is 8. The normalized spacial score (nSPS) is 12.1. The molecule has 4 heteroatoms. The van der Waals surface area contributed by atoms with E-state index < -0.39 is 0 Å². The second-order valence-corrected chi connectivity index (χ2v) is 5.42. The van der Waals surface area contributed by atoms with E-state index in [-0.39, 0.29) is 18.7 Å². The van der Waals surface area contributed by atoms with Gasteiger partial charge in [-0.15, -0.1) is 0 Å². The summed E-state index contributed by atoms with van der Waals surface area (Å²) >= 11 is 0. The maximum Gasteiger partial charge on any atom is 0.344 e. The first kappa shape index (κ1) is 16.3. The molecule has 1 unspecified atom stereocenters. The van der Waals surface area contributed by atoms with Crippen molar-refractivity contribution in [3.05, 3.63) is 36.5 Å². The molecule has 0 fully saturated rings. The molecule has 0 radical (unpaired) electrons. The van der Waals surface area contributed by atoms with Gasteiger partial charge in [0.2, 0.25) is 0 Å². The summed E-state index contributed by atoms with van der Waals surface area (Å²) in [5.74, 6) is 0.269. The SMILES string of the molecule is CCCCCC(C)OC(=O)COc1cccc2cccnc12. The number of nitrogens with zero attached hydrogens (tertiary/aromatic N) is 1. The number of esters is 1. The van der Waals surface area contributed by atoms with Gasteiger partial charge in [0.15, 0.2) is 6.61 Å². The summed E-state index contributed by atoms with van der Waals surface area (Å²) in [7, 11) is 0. The average molecular weight is 301 g/mol. The molecule has 2 rings (SSSR count). The Labute approximate surface area is 131 Å². The van der Waals surface area contributed by atoms with Crippen LogP contribution in [0.3, 0.4) is 0 Å². The molecule has 0 spiro atoms. The van der Waals surface area contributed by atoms with E-state index in [4.69, 9.17) is 9.47 Å². The van der Waals surface area contributed by atoms with Crippen LogP contribution in [0.2, 0.25) is 0 Å². The number of para-hydroxylation sites is 1. The van der Waals surface area contributed by atoms with E-state index in [1.54, 1.807) is 6.20 Å². The number of hydrogen-bond donors (Lipinski definition) is 0. The molecule has 1 atom stereocenters. The Balaban J connectivity index is 1.85. The molecule has 0 aliphatic carbocycles. The fraction of sp³-hybridized carbons (Fsp3) is 0.444. The largest absolute Gasteiger partial charge is 0.480 e. The van der Waals surface area contributed by atoms with Gasteiger partial charge in [-0.3, -0.25) is 4.98 Å². The Morgan fingerprint density at radius 1 is 1.23 bits per heavy atom. The van der Waals surface area contributed by atoms with Crippen LogP contribution >= 0.6 is 0 Å². The highest BCUT2D eigenvalue weighted by Gasteiger charge is 2.11. The molecule has 118 valence electrons. The number of benzene rings is 1. The molecule has 0 saturated carbocycles. The molecule has 1 heterocycles. The van der Waals surface area contributed by atoms with Crippen molar-refractivity contribution in [3.63, 3.8) is 0 Å². The van der Waals surface area contributed by atoms with Crippen molar-refractivity contribution in [1.82, 2.24) is 4.98 Å². The van der Waals surface area contributed by atoms with Gasteiger partial charge in [0.05, 0.1) is 6.10 Å². The van der Waals surface area contributed by atoms with E-state index in [2.05, 4.69) is 11.9 Å². The van der Waals surface area contributed by atoms with Crippen molar-refractivity contribution in [2.75, 3.05) is 6.61 Å². The van der Waals surface area contributed by atoms with E-state index in [1.165, 1.54) is 6.42 Å². The summed E-state index contributed by atoms with van der Waals surface area (Å²) < 4.78 is 10.9. The zero-order valence-electron chi connectivity index (χ0n) is 13.2. The number of carbonyl (C=O) groups excluding carboxylic acids is 1. The van der Waals surface area contributed by atoms with E-state index in [1.807, 2.05) is 37.3 Å². The zero-order valence-corrected chi connectivity index (χ0v) is 13.2. The van der Waals surface area contributed by atoms with Crippen molar-refractivity contribution >= 4 is 16.9 Å². The molecule has 0 amide bonds. The van der Waals surface area contributed by atoms with E-state index in [0.717, 1.165) is 30.2 Å². The number of fused-ring (bicyclic) bond motifs is 1. The Hall–Kier alpha value is -2.10. The lowest BCUT2D eigenvalue weighted by molar-refractivity contribution is -0.150. The topological polar surface area (TPSA) is 48.4 Å². The summed E-state index contributed by atoms with van der Waals surface area (Å²) in [5, 5.41) is 0.987. The summed E-state index contributed by atoms with van der Waals surface area (Å²) in [6, 6.07) is 9.50. The highest BCUT2D eigenvalue weighted by molar-refractivity contribution is 5.84. The monoisotopic (exact) mass is 301 g/mol. The second kappa shape index (κ2) is 8.37. The molecular weight excluding hydrogens is 278 g/mol. The van der Waals surface area contributed by atoms with E-state index in [0.29, 0.717) is 5.75 Å². The number of unbranched alkanes of at least 4 members (excludes halogenated alkanes) is 2. The molecule has 4 nitrogen and oxygen atoms in total. The molecule has 2 aromatic rings. The van der Waals surface area contributed by atoms with E-state index in [9.17, 15) is 4.79 Å². The number of carbonyl (C=O) groups is 1. The third-order valence-electron chi connectivity index (χ3n) is 3.49. The van der Waals surface area contributed by atoms with Gasteiger partial charge in [-0.1, -0.05) is 38.0 Å². The first-order valence-corrected chi connectivity index (χ1v) is 7.86. The van der Waals surface area contributed by atoms with Gasteiger partial charge in [0.25, 0.3) is 0 Å². The minimum Gasteiger partial charge on any atom is -0.480 e. The number of aromatic nitrogens is 1. The van der Waals surface area contributed by atoms with Crippen molar-refractivity contribution in [2.24, 2.45) is 0 Å². The van der Waals surface area contributed by atoms with Crippen LogP contribution in [0.25, 0.3) is 10.9 Å². The first-order valence-electron chi connectivity index (χ1n) is 7.86. The smallest absolute Gasteiger partial charge is 0.344 e. The highest BCUT2D eigenvalue weighted by Crippen LogP contribution is 2.22. The van der Waals surface area contributed by atoms with Gasteiger partial charge >= 0.3 is 5.97 Å². The van der Waals surface area contributed by atoms with Crippen molar-refractivity contribution in [1.29, 1.82) is 0 Å². The molecule has 0 bridgehead atoms. The predicted molar refractivity (Wildman–Crippen MR) is 86.9 cm³/mol. The Bertz CT molecular complexity index is 607. The van der Waals surface area contributed by atoms with Crippen molar-refractivity contribution < 1.29 is 14.3 Å². The van der Waals surface area contributed by atoms with Crippen molar-refractivity contribution in [2.45, 2.75) is 45.6 Å². The summed E-state index contributed by atoms with van der Waals surface area (Å²) in [6.45, 7) is 3.99. The lowest BCUT2D eigenvalue weighted by Gasteiger charge is -2.13. The number of ether oxygens (including phenoxy) is 2. The van der Waals surface area contributed by atoms with Crippen LogP contribution in [-0.2, 0) is 9.53 Å². The highest BCUT2D eigenvalue weighted by atomic mass is 16.6. The minimum absolute atomic E-state index is 0.0618. The molecule has 0 saturated heterocycles. The van der Waals surface area contributed by atoms with Crippen LogP contribution in [0.4, 0.5) is 0 Å². The Kier molecular flexibility index (Phi) is 6.19. The average Bonchev–Trinajstić information content (AvgIpc) is 2.53. The van der Waals surface area contributed by atoms with Gasteiger partial charge in [-0.2, -0.15) is 0 Å². The third kappa shape index (κ3) is 4.72. The predicted octanol–water partition coefficient (Wildman–Crippen LogP) is 4.13. The molecule has 22 heavy (non-hydrogen) atoms. The van der Waals surface area contributed by atoms with Crippen molar-refractivity contribution in [3.8, 4) is 5.75 Å². The zero-order chi connectivity index (χ0) is 15.8. The second-order valence-electron chi connectivity index (χ2n) is 5.42.